The van der Waals surface area contributed by atoms with Gasteiger partial charge in [0.2, 0.25) is 0 Å². The maximum absolute atomic E-state index is 2.45. The van der Waals surface area contributed by atoms with Gasteiger partial charge in [0.05, 0.1) is 0 Å². The van der Waals surface area contributed by atoms with Crippen molar-refractivity contribution < 1.29 is 0 Å². The van der Waals surface area contributed by atoms with Crippen LogP contribution < -0.4 is 0 Å². The SMILES string of the molecule is C1=C(c2cccc(-c3ccccc3)c2)C=C(c2cccc3c4ccccc4c4cccc(-c5cccc(-c6cccc(-c7ccccc7)c6)c5)c4c23)CC1. The Morgan fingerprint density at radius 3 is 1.31 bits per heavy atom. The van der Waals surface area contributed by atoms with E-state index in [1.165, 1.54) is 99.1 Å². The summed E-state index contributed by atoms with van der Waals surface area (Å²) >= 11 is 0. The van der Waals surface area contributed by atoms with E-state index in [-0.39, 0.29) is 0 Å². The predicted octanol–water partition coefficient (Wildman–Crippen LogP) is 15.1. The molecule has 0 aliphatic heterocycles. The first-order valence-electron chi connectivity index (χ1n) is 19.0. The minimum absolute atomic E-state index is 1.00. The summed E-state index contributed by atoms with van der Waals surface area (Å²) in [6.45, 7) is 0. The van der Waals surface area contributed by atoms with Gasteiger partial charge in [-0.2, -0.15) is 0 Å². The molecule has 0 saturated heterocycles. The number of hydrogen-bond acceptors (Lipinski definition) is 0. The van der Waals surface area contributed by atoms with Gasteiger partial charge in [-0.15, -0.1) is 0 Å². The Balaban J connectivity index is 1.16. The standard InChI is InChI=1S/C54H38/c1-3-15-37(16-4-1)39-19-9-21-41(33-39)43-23-11-25-45(35-43)47-29-13-31-51-49-27-7-8-28-50(49)52-32-14-30-48(54(52)53(47)51)46-26-12-24-44(36-46)42-22-10-20-40(34-42)38-17-5-2-6-18-38/h1-11,13-25,27-36H,12,26H2. The summed E-state index contributed by atoms with van der Waals surface area (Å²) in [4.78, 5) is 0. The van der Waals surface area contributed by atoms with Crippen LogP contribution in [0.5, 0.6) is 0 Å². The van der Waals surface area contributed by atoms with E-state index in [0.29, 0.717) is 0 Å². The molecular weight excluding hydrogens is 649 g/mol. The summed E-state index contributed by atoms with van der Waals surface area (Å²) in [5, 5.41) is 7.85. The predicted molar refractivity (Wildman–Crippen MR) is 232 cm³/mol. The molecule has 0 unspecified atom stereocenters. The van der Waals surface area contributed by atoms with Gasteiger partial charge < -0.3 is 0 Å². The van der Waals surface area contributed by atoms with Gasteiger partial charge in [-0.3, -0.25) is 0 Å². The second-order valence-corrected chi connectivity index (χ2v) is 14.3. The fourth-order valence-electron chi connectivity index (χ4n) is 8.55. The molecule has 0 heterocycles. The van der Waals surface area contributed by atoms with Gasteiger partial charge in [-0.1, -0.05) is 188 Å². The fourth-order valence-corrected chi connectivity index (χ4v) is 8.55. The lowest BCUT2D eigenvalue weighted by Gasteiger charge is -2.21. The molecule has 0 amide bonds. The van der Waals surface area contributed by atoms with Crippen LogP contribution in [0, 0.1) is 0 Å². The minimum atomic E-state index is 1.00. The third kappa shape index (κ3) is 5.74. The minimum Gasteiger partial charge on any atom is -0.0763 e. The van der Waals surface area contributed by atoms with E-state index in [2.05, 4.69) is 206 Å². The van der Waals surface area contributed by atoms with Gasteiger partial charge in [0.1, 0.15) is 0 Å². The summed E-state index contributed by atoms with van der Waals surface area (Å²) in [5.74, 6) is 0. The molecule has 1 aliphatic carbocycles. The van der Waals surface area contributed by atoms with Crippen molar-refractivity contribution in [1.29, 1.82) is 0 Å². The highest BCUT2D eigenvalue weighted by Crippen LogP contribution is 2.45. The second kappa shape index (κ2) is 13.7. The summed E-state index contributed by atoms with van der Waals surface area (Å²) in [5.41, 5.74) is 15.1. The summed E-state index contributed by atoms with van der Waals surface area (Å²) in [6, 6.07) is 71.1. The van der Waals surface area contributed by atoms with Crippen molar-refractivity contribution in [3.8, 4) is 44.5 Å². The molecule has 0 aromatic heterocycles. The molecule has 9 aromatic rings. The normalized spacial score (nSPS) is 12.9. The molecule has 0 atom stereocenters. The van der Waals surface area contributed by atoms with Crippen molar-refractivity contribution in [3.63, 3.8) is 0 Å². The number of allylic oxidation sites excluding steroid dienone is 4. The van der Waals surface area contributed by atoms with Crippen LogP contribution in [-0.4, -0.2) is 0 Å². The molecule has 0 saturated carbocycles. The van der Waals surface area contributed by atoms with Crippen molar-refractivity contribution in [2.75, 3.05) is 0 Å². The van der Waals surface area contributed by atoms with Crippen LogP contribution in [0.2, 0.25) is 0 Å². The van der Waals surface area contributed by atoms with Crippen molar-refractivity contribution in [2.45, 2.75) is 12.8 Å². The van der Waals surface area contributed by atoms with E-state index in [1.807, 2.05) is 0 Å². The maximum Gasteiger partial charge on any atom is -0.00142 e. The van der Waals surface area contributed by atoms with Crippen LogP contribution in [0.15, 0.2) is 206 Å². The molecule has 0 N–H and O–H groups in total. The zero-order valence-electron chi connectivity index (χ0n) is 30.0. The van der Waals surface area contributed by atoms with E-state index in [9.17, 15) is 0 Å². The van der Waals surface area contributed by atoms with Crippen molar-refractivity contribution >= 4 is 43.5 Å². The van der Waals surface area contributed by atoms with E-state index in [1.54, 1.807) is 0 Å². The monoisotopic (exact) mass is 686 g/mol. The number of rotatable bonds is 6. The molecule has 10 rings (SSSR count). The zero-order chi connectivity index (χ0) is 35.8. The highest BCUT2D eigenvalue weighted by atomic mass is 14.2. The molecule has 1 aliphatic rings. The molecule has 0 radical (unpaired) electrons. The first-order chi connectivity index (χ1) is 26.8. The summed E-state index contributed by atoms with van der Waals surface area (Å²) < 4.78 is 0. The molecular formula is C54H38. The summed E-state index contributed by atoms with van der Waals surface area (Å²) in [6.07, 6.45) is 6.88. The Hall–Kier alpha value is -6.76. The highest BCUT2D eigenvalue weighted by Gasteiger charge is 2.19. The first-order valence-corrected chi connectivity index (χ1v) is 19.0. The molecule has 54 heavy (non-hydrogen) atoms. The average molecular weight is 687 g/mol. The molecule has 0 bridgehead atoms. The van der Waals surface area contributed by atoms with Crippen LogP contribution in [0.3, 0.4) is 0 Å². The topological polar surface area (TPSA) is 0 Å². The molecule has 0 spiro atoms. The fraction of sp³-hybridized carbons (Fsp3) is 0.0370. The van der Waals surface area contributed by atoms with Crippen LogP contribution in [0.25, 0.3) is 88.0 Å². The van der Waals surface area contributed by atoms with E-state index in [0.717, 1.165) is 12.8 Å². The zero-order valence-corrected chi connectivity index (χ0v) is 30.0. The van der Waals surface area contributed by atoms with Crippen molar-refractivity contribution in [2.24, 2.45) is 0 Å². The van der Waals surface area contributed by atoms with Gasteiger partial charge in [0.15, 0.2) is 0 Å². The first kappa shape index (κ1) is 31.9. The van der Waals surface area contributed by atoms with Gasteiger partial charge in [0.25, 0.3) is 0 Å². The van der Waals surface area contributed by atoms with Crippen molar-refractivity contribution in [1.82, 2.24) is 0 Å². The maximum atomic E-state index is 2.45. The second-order valence-electron chi connectivity index (χ2n) is 14.3. The van der Waals surface area contributed by atoms with E-state index in [4.69, 9.17) is 0 Å². The van der Waals surface area contributed by atoms with Gasteiger partial charge in [-0.05, 0) is 130 Å². The molecule has 9 aromatic carbocycles. The van der Waals surface area contributed by atoms with Crippen LogP contribution in [0.1, 0.15) is 24.0 Å². The Kier molecular flexibility index (Phi) is 8.08. The number of fused-ring (bicyclic) bond motifs is 6. The molecule has 0 fully saturated rings. The Labute approximate surface area is 317 Å². The number of benzene rings is 9. The third-order valence-electron chi connectivity index (χ3n) is 11.1. The van der Waals surface area contributed by atoms with Gasteiger partial charge in [0, 0.05) is 0 Å². The Morgan fingerprint density at radius 1 is 0.296 bits per heavy atom. The Morgan fingerprint density at radius 2 is 0.704 bits per heavy atom. The van der Waals surface area contributed by atoms with E-state index >= 15 is 0 Å². The quantitative estimate of drug-likeness (QED) is 0.153. The lowest BCUT2D eigenvalue weighted by atomic mass is 9.83. The van der Waals surface area contributed by atoms with Crippen molar-refractivity contribution in [3.05, 3.63) is 217 Å². The van der Waals surface area contributed by atoms with Crippen LogP contribution in [0.4, 0.5) is 0 Å². The average Bonchev–Trinajstić information content (AvgIpc) is 3.27. The molecule has 254 valence electrons. The largest absolute Gasteiger partial charge is 0.0763 e. The lowest BCUT2D eigenvalue weighted by molar-refractivity contribution is 1.06. The number of hydrogen-bond donors (Lipinski definition) is 0. The Bertz CT molecular complexity index is 2910. The molecule has 0 nitrogen and oxygen atoms in total. The lowest BCUT2D eigenvalue weighted by Crippen LogP contribution is -1.96. The molecule has 0 heteroatoms. The van der Waals surface area contributed by atoms with Gasteiger partial charge >= 0.3 is 0 Å². The smallest absolute Gasteiger partial charge is 0.00142 e. The van der Waals surface area contributed by atoms with E-state index < -0.39 is 0 Å². The van der Waals surface area contributed by atoms with Gasteiger partial charge in [-0.25, -0.2) is 0 Å². The van der Waals surface area contributed by atoms with Crippen LogP contribution in [-0.2, 0) is 0 Å². The third-order valence-corrected chi connectivity index (χ3v) is 11.1. The highest BCUT2D eigenvalue weighted by molar-refractivity contribution is 6.30. The van der Waals surface area contributed by atoms with Crippen LogP contribution >= 0.6 is 0 Å². The summed E-state index contributed by atoms with van der Waals surface area (Å²) in [7, 11) is 0.